The Hall–Kier alpha value is -1.85. The van der Waals surface area contributed by atoms with Crippen molar-refractivity contribution in [3.8, 4) is 0 Å². The third kappa shape index (κ3) is 4.61. The molecule has 0 spiro atoms. The first-order valence-corrected chi connectivity index (χ1v) is 10.0. The summed E-state index contributed by atoms with van der Waals surface area (Å²) in [4.78, 5) is 2.16. The van der Waals surface area contributed by atoms with Crippen LogP contribution in [0.1, 0.15) is 30.5 Å². The van der Waals surface area contributed by atoms with Crippen LogP contribution in [0.15, 0.2) is 51.8 Å². The number of benzene rings is 2. The highest BCUT2D eigenvalue weighted by Crippen LogP contribution is 2.21. The van der Waals surface area contributed by atoms with Crippen molar-refractivity contribution in [2.24, 2.45) is 4.40 Å². The summed E-state index contributed by atoms with van der Waals surface area (Å²) in [6.45, 7) is 8.90. The minimum atomic E-state index is -3.82. The van der Waals surface area contributed by atoms with Gasteiger partial charge in [-0.3, -0.25) is 0 Å². The van der Waals surface area contributed by atoms with E-state index in [9.17, 15) is 8.42 Å². The van der Waals surface area contributed by atoms with E-state index >= 15 is 0 Å². The quantitative estimate of drug-likeness (QED) is 0.571. The van der Waals surface area contributed by atoms with E-state index in [0.29, 0.717) is 29.5 Å². The zero-order valence-corrected chi connectivity index (χ0v) is 16.5. The predicted molar refractivity (Wildman–Crippen MR) is 104 cm³/mol. The fraction of sp³-hybridized carbons (Fsp3) is 0.316. The topological polar surface area (TPSA) is 49.7 Å². The molecule has 0 heterocycles. The Morgan fingerprint density at radius 3 is 2.20 bits per heavy atom. The second-order valence-corrected chi connectivity index (χ2v) is 7.85. The van der Waals surface area contributed by atoms with Crippen molar-refractivity contribution in [3.05, 3.63) is 64.2 Å². The van der Waals surface area contributed by atoms with Gasteiger partial charge in [0, 0.05) is 23.7 Å². The van der Waals surface area contributed by atoms with Gasteiger partial charge in [-0.15, -0.1) is 4.40 Å². The van der Waals surface area contributed by atoms with Crippen molar-refractivity contribution in [2.45, 2.75) is 32.6 Å². The second kappa shape index (κ2) is 8.02. The lowest BCUT2D eigenvalue weighted by Crippen LogP contribution is -2.32. The molecule has 2 aromatic rings. The van der Waals surface area contributed by atoms with Gasteiger partial charge in [-0.25, -0.2) is 0 Å². The fourth-order valence-corrected chi connectivity index (χ4v) is 4.05. The number of aryl methyl sites for hydroxylation is 2. The maximum atomic E-state index is 13.0. The summed E-state index contributed by atoms with van der Waals surface area (Å²) >= 11 is 5.96. The van der Waals surface area contributed by atoms with Gasteiger partial charge >= 0.3 is 0 Å². The lowest BCUT2D eigenvalue weighted by atomic mass is 10.2. The summed E-state index contributed by atoms with van der Waals surface area (Å²) in [6, 6.07) is 12.4. The van der Waals surface area contributed by atoms with E-state index in [0.717, 1.165) is 11.1 Å². The number of amidine groups is 1. The van der Waals surface area contributed by atoms with Crippen LogP contribution in [0.4, 0.5) is 0 Å². The Labute approximate surface area is 155 Å². The summed E-state index contributed by atoms with van der Waals surface area (Å²) in [6.07, 6.45) is 0. The van der Waals surface area contributed by atoms with Crippen LogP contribution in [0.2, 0.25) is 5.02 Å². The minimum Gasteiger partial charge on any atom is -0.356 e. The Balaban J connectivity index is 2.63. The maximum Gasteiger partial charge on any atom is 0.284 e. The van der Waals surface area contributed by atoms with E-state index in [1.54, 1.807) is 43.3 Å². The van der Waals surface area contributed by atoms with E-state index in [1.807, 2.05) is 31.7 Å². The van der Waals surface area contributed by atoms with Crippen LogP contribution in [-0.2, 0) is 10.0 Å². The van der Waals surface area contributed by atoms with Crippen LogP contribution in [0, 0.1) is 13.8 Å². The smallest absolute Gasteiger partial charge is 0.284 e. The molecule has 134 valence electrons. The van der Waals surface area contributed by atoms with E-state index in [-0.39, 0.29) is 4.90 Å². The van der Waals surface area contributed by atoms with E-state index in [1.165, 1.54) is 0 Å². The molecule has 0 N–H and O–H groups in total. The number of nitrogens with zero attached hydrogens (tertiary/aromatic N) is 2. The molecule has 25 heavy (non-hydrogen) atoms. The van der Waals surface area contributed by atoms with Gasteiger partial charge in [0.1, 0.15) is 5.84 Å². The molecular formula is C19H23ClN2O2S. The lowest BCUT2D eigenvalue weighted by molar-refractivity contribution is 0.467. The minimum absolute atomic E-state index is 0.242. The normalized spacial score (nSPS) is 12.3. The zero-order valence-electron chi connectivity index (χ0n) is 15.0. The zero-order chi connectivity index (χ0) is 18.6. The first-order chi connectivity index (χ1) is 11.8. The average Bonchev–Trinajstić information content (AvgIpc) is 2.58. The van der Waals surface area contributed by atoms with Crippen LogP contribution >= 0.6 is 11.6 Å². The summed E-state index contributed by atoms with van der Waals surface area (Å²) in [7, 11) is -3.82. The number of rotatable bonds is 5. The van der Waals surface area contributed by atoms with Crippen LogP contribution in [-0.4, -0.2) is 32.2 Å². The summed E-state index contributed by atoms with van der Waals surface area (Å²) in [5, 5.41) is 0.597. The molecule has 0 unspecified atom stereocenters. The first-order valence-electron chi connectivity index (χ1n) is 8.21. The monoisotopic (exact) mass is 378 g/mol. The van der Waals surface area contributed by atoms with E-state index in [2.05, 4.69) is 4.40 Å². The molecule has 0 saturated heterocycles. The molecule has 2 rings (SSSR count). The molecule has 0 atom stereocenters. The number of sulfonamides is 1. The maximum absolute atomic E-state index is 13.0. The van der Waals surface area contributed by atoms with Crippen LogP contribution in [0.3, 0.4) is 0 Å². The van der Waals surface area contributed by atoms with Gasteiger partial charge in [0.2, 0.25) is 0 Å². The highest BCUT2D eigenvalue weighted by molar-refractivity contribution is 7.90. The highest BCUT2D eigenvalue weighted by atomic mass is 35.5. The molecule has 0 amide bonds. The summed E-state index contributed by atoms with van der Waals surface area (Å²) in [5.74, 6) is 0.433. The standard InChI is InChI=1S/C19H23ClN2O2S/c1-5-22(6-2)19(16-9-11-17(20)12-10-16)21-25(23,24)18-13-14(3)7-8-15(18)4/h7-13H,5-6H2,1-4H3/b21-19-. The van der Waals surface area contributed by atoms with Crippen LogP contribution in [0.5, 0.6) is 0 Å². The van der Waals surface area contributed by atoms with Crippen molar-refractivity contribution in [1.29, 1.82) is 0 Å². The van der Waals surface area contributed by atoms with Gasteiger partial charge in [-0.2, -0.15) is 8.42 Å². The van der Waals surface area contributed by atoms with Crippen molar-refractivity contribution in [3.63, 3.8) is 0 Å². The van der Waals surface area contributed by atoms with Crippen LogP contribution < -0.4 is 0 Å². The molecule has 6 heteroatoms. The Morgan fingerprint density at radius 2 is 1.64 bits per heavy atom. The number of hydrogen-bond acceptors (Lipinski definition) is 2. The molecule has 4 nitrogen and oxygen atoms in total. The van der Waals surface area contributed by atoms with Crippen LogP contribution in [0.25, 0.3) is 0 Å². The van der Waals surface area contributed by atoms with Gasteiger partial charge in [0.15, 0.2) is 0 Å². The molecular weight excluding hydrogens is 356 g/mol. The third-order valence-electron chi connectivity index (χ3n) is 3.99. The van der Waals surface area contributed by atoms with Gasteiger partial charge in [-0.05, 0) is 69.2 Å². The molecule has 0 aliphatic heterocycles. The number of hydrogen-bond donors (Lipinski definition) is 0. The van der Waals surface area contributed by atoms with E-state index < -0.39 is 10.0 Å². The number of halogens is 1. The SMILES string of the molecule is CCN(CC)/C(=N\S(=O)(=O)c1cc(C)ccc1C)c1ccc(Cl)cc1. The molecule has 0 fully saturated rings. The predicted octanol–water partition coefficient (Wildman–Crippen LogP) is 4.43. The Morgan fingerprint density at radius 1 is 1.04 bits per heavy atom. The van der Waals surface area contributed by atoms with Gasteiger partial charge < -0.3 is 4.90 Å². The van der Waals surface area contributed by atoms with Gasteiger partial charge in [0.25, 0.3) is 10.0 Å². The molecule has 0 saturated carbocycles. The molecule has 0 radical (unpaired) electrons. The van der Waals surface area contributed by atoms with Gasteiger partial charge in [-0.1, -0.05) is 23.7 Å². The fourth-order valence-electron chi connectivity index (χ4n) is 2.56. The molecule has 0 bridgehead atoms. The highest BCUT2D eigenvalue weighted by Gasteiger charge is 2.20. The van der Waals surface area contributed by atoms with Crippen molar-refractivity contribution in [2.75, 3.05) is 13.1 Å². The van der Waals surface area contributed by atoms with Crippen molar-refractivity contribution < 1.29 is 8.42 Å². The molecule has 0 aromatic heterocycles. The summed E-state index contributed by atoms with van der Waals surface area (Å²) < 4.78 is 30.1. The van der Waals surface area contributed by atoms with Gasteiger partial charge in [0.05, 0.1) is 4.90 Å². The second-order valence-electron chi connectivity index (χ2n) is 5.84. The third-order valence-corrected chi connectivity index (χ3v) is 5.65. The largest absolute Gasteiger partial charge is 0.356 e. The average molecular weight is 379 g/mol. The Bertz CT molecular complexity index is 871. The molecule has 0 aliphatic rings. The lowest BCUT2D eigenvalue weighted by Gasteiger charge is -2.23. The van der Waals surface area contributed by atoms with E-state index in [4.69, 9.17) is 11.6 Å². The molecule has 0 aliphatic carbocycles. The van der Waals surface area contributed by atoms with Crippen molar-refractivity contribution in [1.82, 2.24) is 4.90 Å². The van der Waals surface area contributed by atoms with Crippen molar-refractivity contribution >= 4 is 27.5 Å². The summed E-state index contributed by atoms with van der Waals surface area (Å²) in [5.41, 5.74) is 2.29. The Kier molecular flexibility index (Phi) is 6.25. The first kappa shape index (κ1) is 19.5. The molecule has 2 aromatic carbocycles.